The topological polar surface area (TPSA) is 36.7 Å². The third kappa shape index (κ3) is 3.03. The predicted octanol–water partition coefficient (Wildman–Crippen LogP) is 3.76. The Hall–Kier alpha value is -1.42. The van der Waals surface area contributed by atoms with E-state index in [-0.39, 0.29) is 10.7 Å². The molecule has 0 saturated carbocycles. The van der Waals surface area contributed by atoms with Crippen molar-refractivity contribution in [2.45, 2.75) is 19.0 Å². The number of pyridine rings is 1. The quantitative estimate of drug-likeness (QED) is 0.767. The number of hydrogen-bond acceptors (Lipinski definition) is 2. The first-order valence-corrected chi connectivity index (χ1v) is 4.56. The highest BCUT2D eigenvalue weighted by atomic mass is 35.5. The first kappa shape index (κ1) is 13.6. The molecule has 0 atom stereocenters. The lowest BCUT2D eigenvalue weighted by atomic mass is 10.1. The number of nitrogens with zero attached hydrogens (tertiary/aromatic N) is 2. The first-order valence-electron chi connectivity index (χ1n) is 4.19. The monoisotopic (exact) mass is 270 g/mol. The summed E-state index contributed by atoms with van der Waals surface area (Å²) in [6.07, 6.45) is -8.83. The number of alkyl halides is 5. The molecule has 0 saturated heterocycles. The highest BCUT2D eigenvalue weighted by molar-refractivity contribution is 6.31. The van der Waals surface area contributed by atoms with E-state index in [1.54, 1.807) is 6.07 Å². The Bertz CT molecular complexity index is 464. The second-order valence-electron chi connectivity index (χ2n) is 2.99. The van der Waals surface area contributed by atoms with Crippen LogP contribution in [0.25, 0.3) is 0 Å². The Morgan fingerprint density at radius 3 is 2.41 bits per heavy atom. The van der Waals surface area contributed by atoms with Crippen LogP contribution in [0, 0.1) is 11.3 Å². The zero-order chi connectivity index (χ0) is 13.2. The normalized spacial score (nSPS) is 11.6. The van der Waals surface area contributed by atoms with Crippen molar-refractivity contribution < 1.29 is 22.0 Å². The molecule has 0 radical (unpaired) electrons. The van der Waals surface area contributed by atoms with Crippen LogP contribution in [0.1, 0.15) is 23.4 Å². The molecule has 8 heteroatoms. The van der Waals surface area contributed by atoms with Crippen molar-refractivity contribution in [2.24, 2.45) is 0 Å². The lowest BCUT2D eigenvalue weighted by molar-refractivity contribution is -0.143. The van der Waals surface area contributed by atoms with Crippen LogP contribution in [-0.4, -0.2) is 4.98 Å². The number of aromatic nitrogens is 1. The molecule has 1 heterocycles. The molecule has 1 aromatic heterocycles. The van der Waals surface area contributed by atoms with Crippen molar-refractivity contribution in [1.29, 1.82) is 5.26 Å². The summed E-state index contributed by atoms with van der Waals surface area (Å²) in [4.78, 5) is 3.00. The SMILES string of the molecule is N#CCc1nc(C(F)(F)F)c(C(F)F)cc1Cl. The van der Waals surface area contributed by atoms with Gasteiger partial charge < -0.3 is 0 Å². The van der Waals surface area contributed by atoms with Crippen molar-refractivity contribution in [1.82, 2.24) is 4.98 Å². The highest BCUT2D eigenvalue weighted by Gasteiger charge is 2.38. The van der Waals surface area contributed by atoms with Crippen LogP contribution in [0.2, 0.25) is 5.02 Å². The Morgan fingerprint density at radius 1 is 1.41 bits per heavy atom. The van der Waals surface area contributed by atoms with Gasteiger partial charge >= 0.3 is 6.18 Å². The van der Waals surface area contributed by atoms with Crippen molar-refractivity contribution in [2.75, 3.05) is 0 Å². The molecule has 0 unspecified atom stereocenters. The minimum atomic E-state index is -5.01. The van der Waals surface area contributed by atoms with E-state index in [2.05, 4.69) is 4.98 Å². The molecule has 1 rings (SSSR count). The van der Waals surface area contributed by atoms with Gasteiger partial charge in [0.15, 0.2) is 5.69 Å². The van der Waals surface area contributed by atoms with E-state index in [1.807, 2.05) is 0 Å². The van der Waals surface area contributed by atoms with Gasteiger partial charge in [-0.1, -0.05) is 11.6 Å². The smallest absolute Gasteiger partial charge is 0.245 e. The van der Waals surface area contributed by atoms with Gasteiger partial charge in [0.05, 0.1) is 28.8 Å². The molecule has 1 aromatic rings. The Morgan fingerprint density at radius 2 is 2.00 bits per heavy atom. The molecule has 0 spiro atoms. The maximum Gasteiger partial charge on any atom is 0.433 e. The number of rotatable bonds is 2. The summed E-state index contributed by atoms with van der Waals surface area (Å²) >= 11 is 5.46. The molecule has 0 aliphatic carbocycles. The molecule has 0 amide bonds. The summed E-state index contributed by atoms with van der Waals surface area (Å²) in [6.45, 7) is 0. The van der Waals surface area contributed by atoms with Gasteiger partial charge in [0.25, 0.3) is 6.43 Å². The van der Waals surface area contributed by atoms with Crippen molar-refractivity contribution in [3.8, 4) is 6.07 Å². The lowest BCUT2D eigenvalue weighted by Crippen LogP contribution is -2.14. The maximum absolute atomic E-state index is 12.4. The number of hydrogen-bond donors (Lipinski definition) is 0. The number of halogens is 6. The summed E-state index contributed by atoms with van der Waals surface area (Å²) in [6, 6.07) is 2.05. The van der Waals surface area contributed by atoms with Crippen LogP contribution < -0.4 is 0 Å². The Kier molecular flexibility index (Phi) is 3.88. The lowest BCUT2D eigenvalue weighted by Gasteiger charge is -2.13. The van der Waals surface area contributed by atoms with Crippen molar-refractivity contribution in [3.05, 3.63) is 28.0 Å². The van der Waals surface area contributed by atoms with Crippen LogP contribution in [-0.2, 0) is 12.6 Å². The van der Waals surface area contributed by atoms with Gasteiger partial charge in [-0.2, -0.15) is 18.4 Å². The van der Waals surface area contributed by atoms with Crippen LogP contribution in [0.5, 0.6) is 0 Å². The molecular weight excluding hydrogens is 267 g/mol. The molecule has 2 nitrogen and oxygen atoms in total. The van der Waals surface area contributed by atoms with Crippen LogP contribution >= 0.6 is 11.6 Å². The second-order valence-corrected chi connectivity index (χ2v) is 3.40. The summed E-state index contributed by atoms with van der Waals surface area (Å²) in [5.74, 6) is 0. The average Bonchev–Trinajstić information content (AvgIpc) is 2.18. The Balaban J connectivity index is 3.44. The summed E-state index contributed by atoms with van der Waals surface area (Å²) in [5.41, 5.74) is -3.36. The molecule has 0 N–H and O–H groups in total. The van der Waals surface area contributed by atoms with E-state index in [4.69, 9.17) is 16.9 Å². The van der Waals surface area contributed by atoms with Gasteiger partial charge in [0.1, 0.15) is 0 Å². The molecular formula is C9H4ClF5N2. The van der Waals surface area contributed by atoms with E-state index >= 15 is 0 Å². The molecule has 0 fully saturated rings. The fourth-order valence-electron chi connectivity index (χ4n) is 1.13. The predicted molar refractivity (Wildman–Crippen MR) is 48.5 cm³/mol. The molecule has 0 bridgehead atoms. The van der Waals surface area contributed by atoms with Crippen LogP contribution in [0.4, 0.5) is 22.0 Å². The standard InChI is InChI=1S/C9H4ClF5N2/c10-5-3-4(8(11)12)7(9(13,14)15)17-6(5)1-2-16/h3,8H,1H2. The Labute approximate surface area is 97.6 Å². The molecule has 92 valence electrons. The van der Waals surface area contributed by atoms with Crippen molar-refractivity contribution in [3.63, 3.8) is 0 Å². The molecule has 17 heavy (non-hydrogen) atoms. The fraction of sp³-hybridized carbons (Fsp3) is 0.333. The van der Waals surface area contributed by atoms with Gasteiger partial charge in [-0.3, -0.25) is 0 Å². The average molecular weight is 271 g/mol. The van der Waals surface area contributed by atoms with E-state index < -0.39 is 30.3 Å². The van der Waals surface area contributed by atoms with E-state index in [0.717, 1.165) is 0 Å². The zero-order valence-electron chi connectivity index (χ0n) is 8.02. The molecule has 0 aromatic carbocycles. The minimum absolute atomic E-state index is 0.370. The largest absolute Gasteiger partial charge is 0.433 e. The highest BCUT2D eigenvalue weighted by Crippen LogP contribution is 2.37. The van der Waals surface area contributed by atoms with Crippen LogP contribution in [0.15, 0.2) is 6.07 Å². The third-order valence-electron chi connectivity index (χ3n) is 1.83. The van der Waals surface area contributed by atoms with Gasteiger partial charge in [-0.15, -0.1) is 0 Å². The van der Waals surface area contributed by atoms with E-state index in [9.17, 15) is 22.0 Å². The van der Waals surface area contributed by atoms with Gasteiger partial charge in [0.2, 0.25) is 0 Å². The van der Waals surface area contributed by atoms with Gasteiger partial charge in [-0.05, 0) is 6.07 Å². The van der Waals surface area contributed by atoms with Crippen molar-refractivity contribution >= 4 is 11.6 Å². The summed E-state index contributed by atoms with van der Waals surface area (Å²) in [7, 11) is 0. The maximum atomic E-state index is 12.4. The van der Waals surface area contributed by atoms with E-state index in [0.29, 0.717) is 6.07 Å². The second kappa shape index (κ2) is 4.84. The molecule has 0 aliphatic heterocycles. The third-order valence-corrected chi connectivity index (χ3v) is 2.16. The summed E-state index contributed by atoms with van der Waals surface area (Å²) < 4.78 is 62.1. The number of nitriles is 1. The summed E-state index contributed by atoms with van der Waals surface area (Å²) in [5, 5.41) is 7.96. The van der Waals surface area contributed by atoms with E-state index in [1.165, 1.54) is 0 Å². The van der Waals surface area contributed by atoms with Crippen LogP contribution in [0.3, 0.4) is 0 Å². The minimum Gasteiger partial charge on any atom is -0.245 e. The van der Waals surface area contributed by atoms with Gasteiger partial charge in [-0.25, -0.2) is 13.8 Å². The zero-order valence-corrected chi connectivity index (χ0v) is 8.78. The fourth-order valence-corrected chi connectivity index (χ4v) is 1.36. The molecule has 0 aliphatic rings. The van der Waals surface area contributed by atoms with Gasteiger partial charge in [0, 0.05) is 0 Å². The first-order chi connectivity index (χ1) is 7.77.